The van der Waals surface area contributed by atoms with E-state index in [9.17, 15) is 23.3 Å². The van der Waals surface area contributed by atoms with Gasteiger partial charge >= 0.3 is 0 Å². The van der Waals surface area contributed by atoms with Gasteiger partial charge < -0.3 is 18.1 Å². The molecule has 298 valence electrons. The van der Waals surface area contributed by atoms with E-state index in [-0.39, 0.29) is 0 Å². The third-order valence-corrected chi connectivity index (χ3v) is 10.7. The Morgan fingerprint density at radius 2 is 0.734 bits per heavy atom. The Morgan fingerprint density at radius 3 is 1.34 bits per heavy atom. The Balaban J connectivity index is 1.16. The predicted octanol–water partition coefficient (Wildman–Crippen LogP) is 16.2. The van der Waals surface area contributed by atoms with Crippen molar-refractivity contribution in [1.29, 1.82) is 0 Å². The summed E-state index contributed by atoms with van der Waals surface area (Å²) in [7, 11) is 0. The molecule has 0 spiro atoms. The molecule has 0 bridgehead atoms. The fraction of sp³-hybridized carbons (Fsp3) is 0. The molecule has 0 fully saturated rings. The highest BCUT2D eigenvalue weighted by molar-refractivity contribution is 6.16. The van der Waals surface area contributed by atoms with Crippen LogP contribution in [0.4, 0.5) is 0 Å². The molecule has 0 aliphatic heterocycles. The second kappa shape index (κ2) is 13.4. The Bertz CT molecular complexity index is 6310. The van der Waals surface area contributed by atoms with Crippen molar-refractivity contribution in [3.8, 4) is 39.3 Å². The summed E-state index contributed by atoms with van der Waals surface area (Å²) in [6.07, 6.45) is 0. The van der Waals surface area contributed by atoms with Gasteiger partial charge in [0.1, 0.15) is 11.2 Å². The second-order valence-corrected chi connectivity index (χ2v) is 14.0. The number of fused-ring (bicyclic) bond motifs is 12. The zero-order chi connectivity index (χ0) is 74.1. The first-order valence-electron chi connectivity index (χ1n) is 37.4. The number of benzene rings is 10. The lowest BCUT2D eigenvalue weighted by atomic mass is 9.98. The Labute approximate surface area is 419 Å². The van der Waals surface area contributed by atoms with E-state index in [0.29, 0.717) is 9.13 Å². The van der Waals surface area contributed by atoms with Gasteiger partial charge in [-0.1, -0.05) is 133 Å². The molecule has 64 heavy (non-hydrogen) atoms. The van der Waals surface area contributed by atoms with Gasteiger partial charge in [-0.25, -0.2) is 0 Å². The summed E-state index contributed by atoms with van der Waals surface area (Å²) in [5.41, 5.74) is -12.1. The number of para-hydroxylation sites is 4. The van der Waals surface area contributed by atoms with Crippen molar-refractivity contribution in [2.45, 2.75) is 0 Å². The summed E-state index contributed by atoms with van der Waals surface area (Å²) in [5, 5.41) is -5.38. The van der Waals surface area contributed by atoms with Gasteiger partial charge in [0.05, 0.1) is 94.9 Å². The van der Waals surface area contributed by atoms with Crippen molar-refractivity contribution in [3.05, 3.63) is 224 Å². The van der Waals surface area contributed by atoms with E-state index >= 15 is 0 Å². The molecule has 0 unspecified atom stereocenters. The second-order valence-electron chi connectivity index (χ2n) is 14.0. The largest absolute Gasteiger partial charge is 0.456 e. The monoisotopic (exact) mass is 853 g/mol. The van der Waals surface area contributed by atoms with Gasteiger partial charge in [-0.15, -0.1) is 0 Å². The van der Waals surface area contributed by atoms with Crippen LogP contribution in [0.25, 0.3) is 127 Å². The summed E-state index contributed by atoms with van der Waals surface area (Å²) < 4.78 is 349. The highest BCUT2D eigenvalue weighted by Crippen LogP contribution is 2.42. The lowest BCUT2D eigenvalue weighted by molar-refractivity contribution is 0.669. The lowest BCUT2D eigenvalue weighted by Gasteiger charge is -2.12. The van der Waals surface area contributed by atoms with E-state index in [1.807, 2.05) is 0 Å². The molecular weight excluding hydrogens is 779 g/mol. The van der Waals surface area contributed by atoms with E-state index in [1.54, 1.807) is 0 Å². The Hall–Kier alpha value is -8.60. The van der Waals surface area contributed by atoms with Gasteiger partial charge in [-0.2, -0.15) is 0 Å². The van der Waals surface area contributed by atoms with Gasteiger partial charge in [-0.3, -0.25) is 0 Å². The van der Waals surface area contributed by atoms with Crippen LogP contribution in [0.5, 0.6) is 0 Å². The minimum absolute atomic E-state index is 0.517. The Kier molecular flexibility index (Phi) is 3.10. The molecule has 4 aromatic heterocycles. The molecule has 0 radical (unpaired) electrons. The van der Waals surface area contributed by atoms with Gasteiger partial charge in [0.2, 0.25) is 0 Å². The fourth-order valence-corrected chi connectivity index (χ4v) is 8.02. The van der Waals surface area contributed by atoms with Crippen molar-refractivity contribution >= 4 is 87.4 Å². The quantitative estimate of drug-likeness (QED) is 0.169. The fourth-order valence-electron chi connectivity index (χ4n) is 8.02. The number of hydrogen-bond acceptors (Lipinski definition) is 1. The maximum absolute atomic E-state index is 10.4. The first kappa shape index (κ1) is 14.8. The number of furan rings is 1. The molecule has 0 atom stereocenters. The van der Waals surface area contributed by atoms with Gasteiger partial charge in [0.15, 0.2) is 0 Å². The van der Waals surface area contributed by atoms with Crippen LogP contribution in [-0.2, 0) is 0 Å². The van der Waals surface area contributed by atoms with Crippen molar-refractivity contribution in [3.63, 3.8) is 0 Å². The normalized spacial score (nSPS) is 20.2. The third kappa shape index (κ3) is 5.05. The summed E-state index contributed by atoms with van der Waals surface area (Å²) in [6.45, 7) is 0. The zero-order valence-electron chi connectivity index (χ0n) is 68.7. The van der Waals surface area contributed by atoms with Gasteiger partial charge in [-0.05, 0) is 113 Å². The van der Waals surface area contributed by atoms with E-state index in [2.05, 4.69) is 0 Å². The smallest absolute Gasteiger partial charge is 0.137 e. The molecule has 0 saturated heterocycles. The van der Waals surface area contributed by atoms with Crippen LogP contribution in [0.3, 0.4) is 0 Å². The van der Waals surface area contributed by atoms with Gasteiger partial charge in [0.25, 0.3) is 0 Å². The summed E-state index contributed by atoms with van der Waals surface area (Å²) >= 11 is 0. The average Bonchev–Trinajstić information content (AvgIpc) is 1.53. The highest BCUT2D eigenvalue weighted by Gasteiger charge is 2.21. The molecule has 0 amide bonds. The van der Waals surface area contributed by atoms with E-state index in [0.717, 1.165) is 4.57 Å². The van der Waals surface area contributed by atoms with E-state index < -0.39 is 350 Å². The SMILES string of the molecule is [2H]c1c([2H])c([2H])c(-c2c([2H])c([2H])c([2H])c(-c3c([2H])c([2H])c4oc5c([2H])c([2H])c([2H])c(-n6c7c([2H])c([2H])c([2H])c([2H])c7c7c([2H])c(-n8c9c([2H])c([2H])c([2H])c([2H])c9c9c([2H])c(-n%10c%11c([2H])c([2H])c([2H])c([2H])c%11c%11c([2H])c([2H])c([2H])c([2H])c%11%10)c([2H])c([2H])c98)c([2H])c([2H])c76)c5c4c3[2H])c2[2H])c([2H])c1[2H]. The molecule has 0 N–H and O–H groups in total. The summed E-state index contributed by atoms with van der Waals surface area (Å²) in [4.78, 5) is 0. The Morgan fingerprint density at radius 1 is 0.281 bits per heavy atom. The topological polar surface area (TPSA) is 27.9 Å². The van der Waals surface area contributed by atoms with Crippen LogP contribution in [0.1, 0.15) is 50.7 Å². The molecule has 0 saturated carbocycles. The molecule has 10 aromatic carbocycles. The van der Waals surface area contributed by atoms with Crippen molar-refractivity contribution < 1.29 is 55.1 Å². The van der Waals surface area contributed by atoms with Crippen LogP contribution in [0, 0.1) is 0 Å². The molecule has 14 aromatic rings. The first-order chi connectivity index (χ1) is 47.2. The van der Waals surface area contributed by atoms with Gasteiger partial charge in [0, 0.05) is 49.1 Å². The van der Waals surface area contributed by atoms with E-state index in [4.69, 9.17) is 31.8 Å². The van der Waals surface area contributed by atoms with Crippen molar-refractivity contribution in [1.82, 2.24) is 13.7 Å². The average molecular weight is 853 g/mol. The summed E-state index contributed by atoms with van der Waals surface area (Å²) in [6, 6.07) is -36.8. The van der Waals surface area contributed by atoms with Crippen LogP contribution >= 0.6 is 0 Å². The number of hydrogen-bond donors (Lipinski definition) is 0. The van der Waals surface area contributed by atoms with Crippen LogP contribution in [0.2, 0.25) is 0 Å². The molecule has 4 heteroatoms. The number of nitrogens with zero attached hydrogens (tertiary/aromatic N) is 3. The molecule has 0 aliphatic rings. The van der Waals surface area contributed by atoms with Crippen LogP contribution in [0.15, 0.2) is 228 Å². The number of rotatable bonds is 5. The minimum atomic E-state index is -1.19. The maximum atomic E-state index is 10.4. The minimum Gasteiger partial charge on any atom is -0.456 e. The summed E-state index contributed by atoms with van der Waals surface area (Å²) in [5.74, 6) is 0. The maximum Gasteiger partial charge on any atom is 0.137 e. The van der Waals surface area contributed by atoms with E-state index in [1.165, 1.54) is 0 Å². The zero-order valence-corrected chi connectivity index (χ0v) is 31.7. The van der Waals surface area contributed by atoms with Crippen LogP contribution < -0.4 is 0 Å². The van der Waals surface area contributed by atoms with Crippen molar-refractivity contribution in [2.75, 3.05) is 0 Å². The van der Waals surface area contributed by atoms with Crippen LogP contribution in [-0.4, -0.2) is 13.7 Å². The molecule has 4 heterocycles. The lowest BCUT2D eigenvalue weighted by Crippen LogP contribution is -1.97. The number of aromatic nitrogens is 3. The molecule has 14 rings (SSSR count). The predicted molar refractivity (Wildman–Crippen MR) is 268 cm³/mol. The molecular formula is C60H37N3O. The standard InChI is InChI=1S/C60H37N3O/c1-2-14-38(15-3-1)39-16-12-17-40(34-39)41-28-33-58-50(35-41)60-57(26-13-27-59(60)64-58)63-54-25-11-7-21-47(54)49-37-43(30-32-56(49)63)62-53-24-10-6-20-46(53)48-36-42(29-31-55(48)62)61-51-22-8-4-18-44(51)45-19-5-9-23-52(45)61/h1-37H/i1D,2D,3D,4D,5D,6D,7D,8D,9D,10D,11D,12D,13D,14D,15D,16D,17D,18D,19D,20D,21D,22D,23D,24D,25D,26D,27D,28D,29D,30D,31D,32D,33D,34D,35D,36D,37D. The molecule has 0 aliphatic carbocycles. The molecule has 4 nitrogen and oxygen atoms in total. The first-order valence-corrected chi connectivity index (χ1v) is 18.9. The van der Waals surface area contributed by atoms with Crippen molar-refractivity contribution in [2.24, 2.45) is 0 Å². The highest BCUT2D eigenvalue weighted by atomic mass is 16.3. The third-order valence-electron chi connectivity index (χ3n) is 10.7.